The van der Waals surface area contributed by atoms with Crippen molar-refractivity contribution in [3.05, 3.63) is 54.7 Å². The smallest absolute Gasteiger partial charge is 0.161 e. The van der Waals surface area contributed by atoms with Crippen LogP contribution in [-0.4, -0.2) is 17.2 Å². The second kappa shape index (κ2) is 5.88. The maximum Gasteiger partial charge on any atom is 0.161 e. The minimum Gasteiger partial charge on any atom is -0.504 e. The average molecular weight is 307 g/mol. The molecule has 0 spiro atoms. The molecule has 3 rings (SSSR count). The van der Waals surface area contributed by atoms with Gasteiger partial charge in [0, 0.05) is 23.0 Å². The highest BCUT2D eigenvalue weighted by molar-refractivity contribution is 5.80. The number of methoxy groups -OCH3 is 1. The first-order chi connectivity index (χ1) is 11.1. The number of pyridine rings is 1. The summed E-state index contributed by atoms with van der Waals surface area (Å²) in [6.45, 7) is 0. The molecule has 0 atom stereocenters. The summed E-state index contributed by atoms with van der Waals surface area (Å²) in [6, 6.07) is 14.6. The van der Waals surface area contributed by atoms with E-state index in [0.717, 1.165) is 22.3 Å². The van der Waals surface area contributed by atoms with Gasteiger partial charge in [0.15, 0.2) is 11.5 Å². The fraction of sp³-hybridized carbons (Fsp3) is 0.0556. The molecule has 5 heteroatoms. The van der Waals surface area contributed by atoms with E-state index in [-0.39, 0.29) is 5.75 Å². The van der Waals surface area contributed by atoms with Crippen molar-refractivity contribution < 1.29 is 9.84 Å². The van der Waals surface area contributed by atoms with E-state index < -0.39 is 0 Å². The molecule has 0 aliphatic rings. The molecule has 2 aromatic carbocycles. The number of hydrogen-bond acceptors (Lipinski definition) is 5. The number of anilines is 2. The van der Waals surface area contributed by atoms with Gasteiger partial charge >= 0.3 is 0 Å². The predicted octanol–water partition coefficient (Wildman–Crippen LogP) is 3.29. The Morgan fingerprint density at radius 2 is 1.61 bits per heavy atom. The van der Waals surface area contributed by atoms with Crippen LogP contribution in [0.4, 0.5) is 11.5 Å². The lowest BCUT2D eigenvalue weighted by Gasteiger charge is -2.10. The summed E-state index contributed by atoms with van der Waals surface area (Å²) in [6.07, 6.45) is 1.70. The van der Waals surface area contributed by atoms with Crippen LogP contribution in [-0.2, 0) is 0 Å². The van der Waals surface area contributed by atoms with Gasteiger partial charge in [0.1, 0.15) is 5.82 Å². The molecule has 0 saturated carbocycles. The summed E-state index contributed by atoms with van der Waals surface area (Å²) in [5.41, 5.74) is 16.0. The van der Waals surface area contributed by atoms with Crippen molar-refractivity contribution in [2.24, 2.45) is 0 Å². The maximum absolute atomic E-state index is 9.71. The Morgan fingerprint density at radius 3 is 2.30 bits per heavy atom. The van der Waals surface area contributed by atoms with E-state index >= 15 is 0 Å². The molecule has 116 valence electrons. The lowest BCUT2D eigenvalue weighted by Crippen LogP contribution is -1.95. The number of aromatic nitrogens is 1. The Labute approximate surface area is 134 Å². The summed E-state index contributed by atoms with van der Waals surface area (Å²) in [5, 5.41) is 9.71. The Balaban J connectivity index is 2.08. The summed E-state index contributed by atoms with van der Waals surface area (Å²) >= 11 is 0. The van der Waals surface area contributed by atoms with Crippen LogP contribution in [0.3, 0.4) is 0 Å². The van der Waals surface area contributed by atoms with Gasteiger partial charge in [-0.2, -0.15) is 0 Å². The first-order valence-corrected chi connectivity index (χ1v) is 7.07. The van der Waals surface area contributed by atoms with Crippen molar-refractivity contribution in [1.29, 1.82) is 0 Å². The second-order valence-corrected chi connectivity index (χ2v) is 5.17. The third-order valence-corrected chi connectivity index (χ3v) is 3.65. The van der Waals surface area contributed by atoms with Crippen LogP contribution in [0.5, 0.6) is 11.5 Å². The van der Waals surface area contributed by atoms with E-state index in [2.05, 4.69) is 4.98 Å². The Morgan fingerprint density at radius 1 is 0.913 bits per heavy atom. The third kappa shape index (κ3) is 2.89. The minimum absolute atomic E-state index is 0.0958. The molecule has 1 aromatic heterocycles. The van der Waals surface area contributed by atoms with Gasteiger partial charge in [-0.1, -0.05) is 18.2 Å². The van der Waals surface area contributed by atoms with E-state index in [9.17, 15) is 5.11 Å². The van der Waals surface area contributed by atoms with Crippen molar-refractivity contribution in [3.63, 3.8) is 0 Å². The highest BCUT2D eigenvalue weighted by Crippen LogP contribution is 2.34. The lowest BCUT2D eigenvalue weighted by molar-refractivity contribution is 0.373. The van der Waals surface area contributed by atoms with Crippen molar-refractivity contribution >= 4 is 11.5 Å². The number of benzene rings is 2. The van der Waals surface area contributed by atoms with Gasteiger partial charge in [-0.05, 0) is 41.5 Å². The number of aromatic hydroxyl groups is 1. The number of hydrogen-bond donors (Lipinski definition) is 3. The van der Waals surface area contributed by atoms with Crippen LogP contribution >= 0.6 is 0 Å². The molecule has 0 saturated heterocycles. The quantitative estimate of drug-likeness (QED) is 0.645. The fourth-order valence-corrected chi connectivity index (χ4v) is 2.38. The Kier molecular flexibility index (Phi) is 3.76. The first-order valence-electron chi connectivity index (χ1n) is 7.07. The van der Waals surface area contributed by atoms with Gasteiger partial charge < -0.3 is 21.3 Å². The lowest BCUT2D eigenvalue weighted by atomic mass is 10.0. The number of ether oxygens (including phenoxy) is 1. The molecule has 5 nitrogen and oxygen atoms in total. The van der Waals surface area contributed by atoms with E-state index in [4.69, 9.17) is 16.2 Å². The highest BCUT2D eigenvalue weighted by atomic mass is 16.5. The van der Waals surface area contributed by atoms with Crippen molar-refractivity contribution in [2.45, 2.75) is 0 Å². The Hall–Kier alpha value is -3.21. The molecule has 0 fully saturated rings. The van der Waals surface area contributed by atoms with E-state index in [1.165, 1.54) is 7.11 Å². The van der Waals surface area contributed by atoms with Gasteiger partial charge in [0.25, 0.3) is 0 Å². The van der Waals surface area contributed by atoms with Gasteiger partial charge in [0.2, 0.25) is 0 Å². The summed E-state index contributed by atoms with van der Waals surface area (Å²) in [5.74, 6) is 0.955. The second-order valence-electron chi connectivity index (χ2n) is 5.17. The van der Waals surface area contributed by atoms with Crippen LogP contribution < -0.4 is 16.2 Å². The minimum atomic E-state index is 0.0958. The monoisotopic (exact) mass is 307 g/mol. The van der Waals surface area contributed by atoms with Crippen LogP contribution in [0, 0.1) is 0 Å². The molecule has 1 heterocycles. The number of phenols is 1. The van der Waals surface area contributed by atoms with Gasteiger partial charge in [-0.3, -0.25) is 0 Å². The molecule has 5 N–H and O–H groups in total. The molecule has 0 radical (unpaired) electrons. The van der Waals surface area contributed by atoms with E-state index in [0.29, 0.717) is 17.3 Å². The number of nitrogens with zero attached hydrogens (tertiary/aromatic N) is 1. The van der Waals surface area contributed by atoms with E-state index in [1.807, 2.05) is 30.3 Å². The highest BCUT2D eigenvalue weighted by Gasteiger charge is 2.09. The summed E-state index contributed by atoms with van der Waals surface area (Å²) < 4.78 is 5.15. The van der Waals surface area contributed by atoms with Crippen molar-refractivity contribution in [3.8, 4) is 33.8 Å². The Bertz CT molecular complexity index is 845. The van der Waals surface area contributed by atoms with Crippen molar-refractivity contribution in [1.82, 2.24) is 4.98 Å². The molecule has 0 bridgehead atoms. The zero-order valence-corrected chi connectivity index (χ0v) is 12.7. The van der Waals surface area contributed by atoms with Crippen LogP contribution in [0.25, 0.3) is 22.3 Å². The molecule has 0 aliphatic heterocycles. The summed E-state index contributed by atoms with van der Waals surface area (Å²) in [7, 11) is 1.51. The SMILES string of the molecule is COc1cc(-c2cnc(N)c(-c3ccc(N)cc3)c2)ccc1O. The molecule has 0 amide bonds. The van der Waals surface area contributed by atoms with Crippen molar-refractivity contribution in [2.75, 3.05) is 18.6 Å². The summed E-state index contributed by atoms with van der Waals surface area (Å²) in [4.78, 5) is 4.28. The molecular formula is C18H17N3O2. The van der Waals surface area contributed by atoms with Crippen LogP contribution in [0.2, 0.25) is 0 Å². The number of rotatable bonds is 3. The van der Waals surface area contributed by atoms with Gasteiger partial charge in [0.05, 0.1) is 7.11 Å². The number of phenolic OH excluding ortho intramolecular Hbond substituents is 1. The molecule has 0 unspecified atom stereocenters. The maximum atomic E-state index is 9.71. The van der Waals surface area contributed by atoms with E-state index in [1.54, 1.807) is 24.4 Å². The molecule has 0 aliphatic carbocycles. The third-order valence-electron chi connectivity index (χ3n) is 3.65. The van der Waals surface area contributed by atoms with Gasteiger partial charge in [-0.15, -0.1) is 0 Å². The number of nitrogens with two attached hydrogens (primary N) is 2. The van der Waals surface area contributed by atoms with Crippen LogP contribution in [0.1, 0.15) is 0 Å². The van der Waals surface area contributed by atoms with Crippen LogP contribution in [0.15, 0.2) is 54.7 Å². The normalized spacial score (nSPS) is 10.5. The largest absolute Gasteiger partial charge is 0.504 e. The topological polar surface area (TPSA) is 94.4 Å². The fourth-order valence-electron chi connectivity index (χ4n) is 2.38. The zero-order chi connectivity index (χ0) is 16.4. The molecular weight excluding hydrogens is 290 g/mol. The molecule has 23 heavy (non-hydrogen) atoms. The predicted molar refractivity (Wildman–Crippen MR) is 92.2 cm³/mol. The first kappa shape index (κ1) is 14.7. The molecule has 3 aromatic rings. The number of nitrogen functional groups attached to an aromatic ring is 2. The standard InChI is InChI=1S/C18H17N3O2/c1-23-17-9-12(4-7-16(17)22)13-8-15(18(20)21-10-13)11-2-5-14(19)6-3-11/h2-10,22H,19H2,1H3,(H2,20,21). The average Bonchev–Trinajstić information content (AvgIpc) is 2.57. The van der Waals surface area contributed by atoms with Gasteiger partial charge in [-0.25, -0.2) is 4.98 Å². The zero-order valence-electron chi connectivity index (χ0n) is 12.7.